The van der Waals surface area contributed by atoms with Crippen LogP contribution < -0.4 is 16.0 Å². The van der Waals surface area contributed by atoms with E-state index in [-0.39, 0.29) is 5.76 Å². The van der Waals surface area contributed by atoms with Crippen LogP contribution in [0.3, 0.4) is 0 Å². The molecule has 2 heterocycles. The Kier molecular flexibility index (Phi) is 3.89. The first-order valence-electron chi connectivity index (χ1n) is 6.50. The molecule has 6 amide bonds. The molecule has 1 atom stereocenters. The van der Waals surface area contributed by atoms with Crippen LogP contribution in [0.4, 0.5) is 9.59 Å². The lowest BCUT2D eigenvalue weighted by Crippen LogP contribution is -2.46. The third kappa shape index (κ3) is 2.65. The van der Waals surface area contributed by atoms with Crippen molar-refractivity contribution in [3.63, 3.8) is 0 Å². The minimum atomic E-state index is -1.38. The van der Waals surface area contributed by atoms with Crippen molar-refractivity contribution in [1.29, 1.82) is 0 Å². The predicted molar refractivity (Wildman–Crippen MR) is 73.6 cm³/mol. The molecule has 0 bridgehead atoms. The number of hydrogen-bond donors (Lipinski definition) is 3. The fourth-order valence-electron chi connectivity index (χ4n) is 2.08. The average Bonchev–Trinajstić information content (AvgIpc) is 2.97. The summed E-state index contributed by atoms with van der Waals surface area (Å²) in [5.41, 5.74) is -1.38. The molecule has 0 radical (unpaired) electrons. The number of imide groups is 2. The Hall–Kier alpha value is -2.84. The molecule has 118 valence electrons. The maximum absolute atomic E-state index is 12.4. The van der Waals surface area contributed by atoms with Crippen LogP contribution >= 0.6 is 0 Å². The zero-order chi connectivity index (χ0) is 16.5. The van der Waals surface area contributed by atoms with Crippen LogP contribution in [0.15, 0.2) is 16.5 Å². The van der Waals surface area contributed by atoms with Crippen molar-refractivity contribution >= 4 is 23.9 Å². The zero-order valence-electron chi connectivity index (χ0n) is 12.4. The third-order valence-corrected chi connectivity index (χ3v) is 3.29. The van der Waals surface area contributed by atoms with Gasteiger partial charge in [-0.2, -0.15) is 0 Å². The Morgan fingerprint density at radius 2 is 2.05 bits per heavy atom. The van der Waals surface area contributed by atoms with Gasteiger partial charge in [-0.15, -0.1) is 0 Å². The molecule has 1 aromatic rings. The monoisotopic (exact) mass is 308 g/mol. The fraction of sp³-hybridized carbons (Fsp3) is 0.385. The molecule has 1 fully saturated rings. The average molecular weight is 308 g/mol. The summed E-state index contributed by atoms with van der Waals surface area (Å²) >= 11 is 0. The van der Waals surface area contributed by atoms with E-state index in [9.17, 15) is 19.2 Å². The van der Waals surface area contributed by atoms with E-state index in [0.717, 1.165) is 4.90 Å². The second kappa shape index (κ2) is 5.51. The molecule has 1 aromatic heterocycles. The molecule has 1 unspecified atom stereocenters. The lowest BCUT2D eigenvalue weighted by Gasteiger charge is -2.18. The van der Waals surface area contributed by atoms with Crippen molar-refractivity contribution in [2.24, 2.45) is 0 Å². The lowest BCUT2D eigenvalue weighted by molar-refractivity contribution is -0.135. The first-order chi connectivity index (χ1) is 10.3. The standard InChI is InChI=1S/C13H16N4O5/c1-7-4-5-8(22-7)13(2)10(19)17(12(21)16-13)6-9(18)15-11(20)14-3/h4-5H,6H2,1-3H3,(H,16,21)(H2,14,15,18,20). The van der Waals surface area contributed by atoms with Gasteiger partial charge in [0.25, 0.3) is 5.91 Å². The number of aryl methyl sites for hydroxylation is 1. The Morgan fingerprint density at radius 1 is 1.36 bits per heavy atom. The van der Waals surface area contributed by atoms with Gasteiger partial charge in [-0.05, 0) is 26.0 Å². The first kappa shape index (κ1) is 15.5. The molecule has 3 N–H and O–H groups in total. The number of rotatable bonds is 3. The van der Waals surface area contributed by atoms with Gasteiger partial charge in [0, 0.05) is 7.05 Å². The van der Waals surface area contributed by atoms with E-state index in [1.807, 2.05) is 5.32 Å². The molecule has 1 saturated heterocycles. The van der Waals surface area contributed by atoms with Crippen molar-refractivity contribution in [2.75, 3.05) is 13.6 Å². The number of urea groups is 2. The Balaban J connectivity index is 2.15. The molecule has 1 aliphatic rings. The molecular weight excluding hydrogens is 292 g/mol. The van der Waals surface area contributed by atoms with Gasteiger partial charge in [0.05, 0.1) is 0 Å². The molecule has 0 aliphatic carbocycles. The Morgan fingerprint density at radius 3 is 2.59 bits per heavy atom. The first-order valence-corrected chi connectivity index (χ1v) is 6.50. The van der Waals surface area contributed by atoms with Gasteiger partial charge < -0.3 is 15.1 Å². The number of carbonyl (C=O) groups excluding carboxylic acids is 4. The van der Waals surface area contributed by atoms with Crippen LogP contribution in [0.5, 0.6) is 0 Å². The normalized spacial score (nSPS) is 20.8. The molecule has 1 aliphatic heterocycles. The molecule has 0 aromatic carbocycles. The van der Waals surface area contributed by atoms with Crippen molar-refractivity contribution in [3.05, 3.63) is 23.7 Å². The number of carbonyl (C=O) groups is 4. The smallest absolute Gasteiger partial charge is 0.325 e. The molecule has 0 spiro atoms. The summed E-state index contributed by atoms with van der Waals surface area (Å²) in [6.45, 7) is 2.64. The summed E-state index contributed by atoms with van der Waals surface area (Å²) in [4.78, 5) is 47.8. The molecule has 9 nitrogen and oxygen atoms in total. The van der Waals surface area contributed by atoms with Crippen molar-refractivity contribution in [1.82, 2.24) is 20.9 Å². The SMILES string of the molecule is CNC(=O)NC(=O)CN1C(=O)NC(C)(c2ccc(C)o2)C1=O. The minimum absolute atomic E-state index is 0.276. The van der Waals surface area contributed by atoms with Crippen molar-refractivity contribution < 1.29 is 23.6 Å². The lowest BCUT2D eigenvalue weighted by atomic mass is 9.99. The molecule has 2 rings (SSSR count). The third-order valence-electron chi connectivity index (χ3n) is 3.29. The van der Waals surface area contributed by atoms with Crippen LogP contribution in [0.2, 0.25) is 0 Å². The van der Waals surface area contributed by atoms with Crippen molar-refractivity contribution in [2.45, 2.75) is 19.4 Å². The van der Waals surface area contributed by atoms with Crippen molar-refractivity contribution in [3.8, 4) is 0 Å². The van der Waals surface area contributed by atoms with Crippen LogP contribution in [0.25, 0.3) is 0 Å². The minimum Gasteiger partial charge on any atom is -0.463 e. The Bertz CT molecular complexity index is 653. The van der Waals surface area contributed by atoms with Gasteiger partial charge in [-0.1, -0.05) is 0 Å². The van der Waals surface area contributed by atoms with E-state index in [4.69, 9.17) is 4.42 Å². The Labute approximate surface area is 126 Å². The van der Waals surface area contributed by atoms with E-state index in [2.05, 4.69) is 10.6 Å². The van der Waals surface area contributed by atoms with Gasteiger partial charge in [-0.25, -0.2) is 9.59 Å². The number of furan rings is 1. The molecule has 9 heteroatoms. The van der Waals surface area contributed by atoms with E-state index in [1.165, 1.54) is 14.0 Å². The summed E-state index contributed by atoms with van der Waals surface area (Å²) in [6, 6.07) is 1.80. The number of hydrogen-bond acceptors (Lipinski definition) is 5. The number of amides is 6. The van der Waals surface area contributed by atoms with Crippen LogP contribution in [0, 0.1) is 6.92 Å². The van der Waals surface area contributed by atoms with E-state index in [0.29, 0.717) is 5.76 Å². The van der Waals surface area contributed by atoms with Gasteiger partial charge in [0.2, 0.25) is 5.91 Å². The topological polar surface area (TPSA) is 121 Å². The van der Waals surface area contributed by atoms with E-state index >= 15 is 0 Å². The predicted octanol–water partition coefficient (Wildman–Crippen LogP) is -0.189. The molecule has 0 saturated carbocycles. The highest BCUT2D eigenvalue weighted by Crippen LogP contribution is 2.29. The highest BCUT2D eigenvalue weighted by Gasteiger charge is 2.51. The maximum atomic E-state index is 12.4. The van der Waals surface area contributed by atoms with Gasteiger partial charge >= 0.3 is 12.1 Å². The van der Waals surface area contributed by atoms with Crippen LogP contribution in [-0.4, -0.2) is 42.4 Å². The summed E-state index contributed by atoms with van der Waals surface area (Å²) < 4.78 is 5.40. The van der Waals surface area contributed by atoms with Gasteiger partial charge in [0.1, 0.15) is 18.1 Å². The highest BCUT2D eigenvalue weighted by molar-refractivity contribution is 6.09. The van der Waals surface area contributed by atoms with E-state index in [1.54, 1.807) is 19.1 Å². The van der Waals surface area contributed by atoms with Gasteiger partial charge in [-0.3, -0.25) is 19.8 Å². The van der Waals surface area contributed by atoms with Crippen LogP contribution in [0.1, 0.15) is 18.4 Å². The fourth-order valence-corrected chi connectivity index (χ4v) is 2.08. The van der Waals surface area contributed by atoms with Crippen LogP contribution in [-0.2, 0) is 15.1 Å². The van der Waals surface area contributed by atoms with Gasteiger partial charge in [0.15, 0.2) is 5.54 Å². The second-order valence-corrected chi connectivity index (χ2v) is 4.98. The molecular formula is C13H16N4O5. The summed E-state index contributed by atoms with van der Waals surface area (Å²) in [5, 5.41) is 6.68. The quantitative estimate of drug-likeness (QED) is 0.668. The number of nitrogens with one attached hydrogen (secondary N) is 3. The summed E-state index contributed by atoms with van der Waals surface area (Å²) in [5.74, 6) is -0.534. The highest BCUT2D eigenvalue weighted by atomic mass is 16.3. The second-order valence-electron chi connectivity index (χ2n) is 4.98. The molecule has 22 heavy (non-hydrogen) atoms. The summed E-state index contributed by atoms with van der Waals surface area (Å²) in [6.07, 6.45) is 0. The number of nitrogens with zero attached hydrogens (tertiary/aromatic N) is 1. The van der Waals surface area contributed by atoms with E-state index < -0.39 is 36.0 Å². The summed E-state index contributed by atoms with van der Waals surface area (Å²) in [7, 11) is 1.34. The maximum Gasteiger partial charge on any atom is 0.325 e. The zero-order valence-corrected chi connectivity index (χ0v) is 12.4. The largest absolute Gasteiger partial charge is 0.463 e.